The second kappa shape index (κ2) is 14.7. The highest BCUT2D eigenvalue weighted by molar-refractivity contribution is 5.82. The fourth-order valence-electron chi connectivity index (χ4n) is 3.44. The molecule has 27 heavy (non-hydrogen) atoms. The van der Waals surface area contributed by atoms with Crippen LogP contribution in [0, 0.1) is 0 Å². The summed E-state index contributed by atoms with van der Waals surface area (Å²) in [4.78, 5) is 11.2. The lowest BCUT2D eigenvalue weighted by molar-refractivity contribution is -0.138. The molecule has 1 heterocycles. The Morgan fingerprint density at radius 3 is 1.93 bits per heavy atom. The van der Waals surface area contributed by atoms with E-state index in [-0.39, 0.29) is 0 Å². The molecule has 0 saturated heterocycles. The topological polar surface area (TPSA) is 55.8 Å². The van der Waals surface area contributed by atoms with E-state index in [1.807, 2.05) is 0 Å². The number of carbonyl (C=O) groups is 1. The summed E-state index contributed by atoms with van der Waals surface area (Å²) < 4.78 is 10.00. The molecule has 0 amide bonds. The van der Waals surface area contributed by atoms with E-state index in [9.17, 15) is 9.90 Å². The van der Waals surface area contributed by atoms with Crippen LogP contribution < -0.4 is 0 Å². The number of ether oxygens (including phenoxy) is 2. The fourth-order valence-corrected chi connectivity index (χ4v) is 3.44. The minimum Gasteiger partial charge on any atom is -0.466 e. The van der Waals surface area contributed by atoms with Gasteiger partial charge in [-0.25, -0.2) is 4.79 Å². The van der Waals surface area contributed by atoms with Gasteiger partial charge in [0.1, 0.15) is 5.76 Å². The van der Waals surface area contributed by atoms with Crippen LogP contribution in [0.15, 0.2) is 24.0 Å². The molecule has 0 bridgehead atoms. The Morgan fingerprint density at radius 2 is 1.44 bits per heavy atom. The Labute approximate surface area is 166 Å². The molecule has 1 aliphatic heterocycles. The highest BCUT2D eigenvalue weighted by atomic mass is 16.6. The lowest BCUT2D eigenvalue weighted by atomic mass is 10.0. The monoisotopic (exact) mass is 380 g/mol. The maximum atomic E-state index is 11.2. The highest BCUT2D eigenvalue weighted by Gasteiger charge is 2.30. The molecule has 0 spiro atoms. The summed E-state index contributed by atoms with van der Waals surface area (Å²) in [6, 6.07) is 0. The third kappa shape index (κ3) is 11.9. The first kappa shape index (κ1) is 23.7. The summed E-state index contributed by atoms with van der Waals surface area (Å²) in [5, 5.41) is 10.3. The molecule has 4 heteroatoms. The predicted octanol–water partition coefficient (Wildman–Crippen LogP) is 6.19. The summed E-state index contributed by atoms with van der Waals surface area (Å²) in [5.74, 6) is -1.39. The number of hydrogen-bond donors (Lipinski definition) is 1. The standard InChI is InChI=1S/C23H40O4/c1-3-4-5-6-7-8-9-10-11-12-13-14-15-16-18-23(25)19-17-21(27-23)20-22(24)26-2/h17,19-20,25H,3-16,18H2,1-2H3/b21-20-. The van der Waals surface area contributed by atoms with Crippen LogP contribution in [0.3, 0.4) is 0 Å². The second-order valence-electron chi connectivity index (χ2n) is 7.70. The summed E-state index contributed by atoms with van der Waals surface area (Å²) in [7, 11) is 1.32. The second-order valence-corrected chi connectivity index (χ2v) is 7.70. The third-order valence-electron chi connectivity index (χ3n) is 5.15. The van der Waals surface area contributed by atoms with Gasteiger partial charge in [0.15, 0.2) is 0 Å². The summed E-state index contributed by atoms with van der Waals surface area (Å²) in [6.45, 7) is 2.27. The summed E-state index contributed by atoms with van der Waals surface area (Å²) in [5.41, 5.74) is 0. The molecule has 0 aromatic rings. The van der Waals surface area contributed by atoms with Crippen LogP contribution in [0.2, 0.25) is 0 Å². The number of aliphatic hydroxyl groups is 1. The first-order chi connectivity index (χ1) is 13.1. The van der Waals surface area contributed by atoms with Crippen LogP contribution in [0.4, 0.5) is 0 Å². The molecule has 0 radical (unpaired) electrons. The predicted molar refractivity (Wildman–Crippen MR) is 110 cm³/mol. The van der Waals surface area contributed by atoms with E-state index in [1.54, 1.807) is 12.2 Å². The van der Waals surface area contributed by atoms with Crippen molar-refractivity contribution in [2.24, 2.45) is 0 Å². The quantitative estimate of drug-likeness (QED) is 0.197. The lowest BCUT2D eigenvalue weighted by Crippen LogP contribution is -2.25. The van der Waals surface area contributed by atoms with Gasteiger partial charge in [-0.05, 0) is 18.6 Å². The number of rotatable bonds is 16. The lowest BCUT2D eigenvalue weighted by Gasteiger charge is -2.21. The van der Waals surface area contributed by atoms with E-state index in [1.165, 1.54) is 90.2 Å². The van der Waals surface area contributed by atoms with Crippen LogP contribution in [-0.2, 0) is 14.3 Å². The van der Waals surface area contributed by atoms with Gasteiger partial charge in [-0.1, -0.05) is 90.4 Å². The van der Waals surface area contributed by atoms with Crippen molar-refractivity contribution in [3.63, 3.8) is 0 Å². The minimum absolute atomic E-state index is 0.356. The first-order valence-corrected chi connectivity index (χ1v) is 11.0. The normalized spacial score (nSPS) is 20.2. The SMILES string of the molecule is CCCCCCCCCCCCCCCCC1(O)C=C/C(=C/C(=O)OC)O1. The number of unbranched alkanes of at least 4 members (excludes halogenated alkanes) is 13. The number of allylic oxidation sites excluding steroid dienone is 1. The molecule has 0 aromatic carbocycles. The van der Waals surface area contributed by atoms with Crippen molar-refractivity contribution in [1.29, 1.82) is 0 Å². The van der Waals surface area contributed by atoms with Gasteiger partial charge in [0.25, 0.3) is 0 Å². The largest absolute Gasteiger partial charge is 0.466 e. The van der Waals surface area contributed by atoms with E-state index in [4.69, 9.17) is 4.74 Å². The van der Waals surface area contributed by atoms with Crippen LogP contribution >= 0.6 is 0 Å². The van der Waals surface area contributed by atoms with Crippen molar-refractivity contribution < 1.29 is 19.4 Å². The Morgan fingerprint density at radius 1 is 0.963 bits per heavy atom. The van der Waals surface area contributed by atoms with Crippen molar-refractivity contribution in [3.8, 4) is 0 Å². The zero-order chi connectivity index (χ0) is 19.8. The molecular weight excluding hydrogens is 340 g/mol. The molecule has 0 saturated carbocycles. The van der Waals surface area contributed by atoms with Crippen LogP contribution in [0.25, 0.3) is 0 Å². The van der Waals surface area contributed by atoms with E-state index in [0.717, 1.165) is 12.8 Å². The number of methoxy groups -OCH3 is 1. The minimum atomic E-state index is -1.27. The molecule has 0 aromatic heterocycles. The van der Waals surface area contributed by atoms with Crippen LogP contribution in [0.1, 0.15) is 103 Å². The first-order valence-electron chi connectivity index (χ1n) is 11.0. The average Bonchev–Trinajstić information content (AvgIpc) is 3.02. The highest BCUT2D eigenvalue weighted by Crippen LogP contribution is 2.28. The molecule has 0 aliphatic carbocycles. The summed E-state index contributed by atoms with van der Waals surface area (Å²) >= 11 is 0. The van der Waals surface area contributed by atoms with Gasteiger partial charge >= 0.3 is 5.97 Å². The number of carbonyl (C=O) groups excluding carboxylic acids is 1. The van der Waals surface area contributed by atoms with Gasteiger partial charge in [0.2, 0.25) is 5.79 Å². The van der Waals surface area contributed by atoms with Gasteiger partial charge in [0.05, 0.1) is 13.2 Å². The molecule has 1 aliphatic rings. The zero-order valence-electron chi connectivity index (χ0n) is 17.5. The van der Waals surface area contributed by atoms with E-state index < -0.39 is 11.8 Å². The van der Waals surface area contributed by atoms with Gasteiger partial charge in [-0.2, -0.15) is 0 Å². The number of hydrogen-bond acceptors (Lipinski definition) is 4. The molecule has 156 valence electrons. The molecule has 1 atom stereocenters. The Kier molecular flexibility index (Phi) is 13.0. The Balaban J connectivity index is 1.91. The van der Waals surface area contributed by atoms with Gasteiger partial charge in [0, 0.05) is 6.42 Å². The van der Waals surface area contributed by atoms with E-state index in [2.05, 4.69) is 11.7 Å². The van der Waals surface area contributed by atoms with Gasteiger partial charge in [-0.15, -0.1) is 0 Å². The smallest absolute Gasteiger partial charge is 0.334 e. The van der Waals surface area contributed by atoms with Crippen molar-refractivity contribution >= 4 is 5.97 Å². The van der Waals surface area contributed by atoms with Crippen LogP contribution in [0.5, 0.6) is 0 Å². The van der Waals surface area contributed by atoms with Crippen molar-refractivity contribution in [2.75, 3.05) is 7.11 Å². The summed E-state index contributed by atoms with van der Waals surface area (Å²) in [6.07, 6.45) is 23.4. The van der Waals surface area contributed by atoms with Crippen molar-refractivity contribution in [1.82, 2.24) is 0 Å². The molecular formula is C23H40O4. The van der Waals surface area contributed by atoms with Crippen molar-refractivity contribution in [3.05, 3.63) is 24.0 Å². The van der Waals surface area contributed by atoms with E-state index >= 15 is 0 Å². The maximum absolute atomic E-state index is 11.2. The third-order valence-corrected chi connectivity index (χ3v) is 5.15. The van der Waals surface area contributed by atoms with Crippen molar-refractivity contribution in [2.45, 2.75) is 109 Å². The van der Waals surface area contributed by atoms with Gasteiger partial charge in [-0.3, -0.25) is 0 Å². The number of esters is 1. The zero-order valence-corrected chi connectivity index (χ0v) is 17.5. The van der Waals surface area contributed by atoms with E-state index in [0.29, 0.717) is 12.2 Å². The Bertz CT molecular complexity index is 455. The molecule has 1 unspecified atom stereocenters. The van der Waals surface area contributed by atoms with Gasteiger partial charge < -0.3 is 14.6 Å². The molecule has 1 rings (SSSR count). The molecule has 1 N–H and O–H groups in total. The Hall–Kier alpha value is -1.29. The fraction of sp³-hybridized carbons (Fsp3) is 0.783. The average molecular weight is 381 g/mol. The van der Waals surface area contributed by atoms with Crippen LogP contribution in [-0.4, -0.2) is 24.0 Å². The molecule has 4 nitrogen and oxygen atoms in total. The maximum Gasteiger partial charge on any atom is 0.334 e. The molecule has 0 fully saturated rings.